The second-order valence-electron chi connectivity index (χ2n) is 4.76. The van der Waals surface area contributed by atoms with E-state index in [1.54, 1.807) is 6.08 Å². The third-order valence-electron chi connectivity index (χ3n) is 2.84. The molecule has 1 rings (SSSR count). The van der Waals surface area contributed by atoms with Crippen molar-refractivity contribution in [3.05, 3.63) is 11.6 Å². The van der Waals surface area contributed by atoms with Crippen LogP contribution in [0.15, 0.2) is 11.6 Å². The number of ether oxygens (including phenoxy) is 1. The van der Waals surface area contributed by atoms with E-state index >= 15 is 0 Å². The van der Waals surface area contributed by atoms with Gasteiger partial charge in [-0.05, 0) is 26.7 Å². The average molecular weight is 255 g/mol. The van der Waals surface area contributed by atoms with Crippen LogP contribution in [-0.2, 0) is 14.3 Å². The molecule has 1 aliphatic rings. The van der Waals surface area contributed by atoms with E-state index in [4.69, 9.17) is 9.84 Å². The van der Waals surface area contributed by atoms with Crippen molar-refractivity contribution in [2.45, 2.75) is 39.2 Å². The quantitative estimate of drug-likeness (QED) is 0.755. The van der Waals surface area contributed by atoms with Gasteiger partial charge in [0.2, 0.25) is 5.91 Å². The largest absolute Gasteiger partial charge is 0.481 e. The number of likely N-dealkylation sites (tertiary alicyclic amines) is 1. The van der Waals surface area contributed by atoms with Gasteiger partial charge in [0.15, 0.2) is 0 Å². The summed E-state index contributed by atoms with van der Waals surface area (Å²) in [5.41, 5.74) is 1.000. The topological polar surface area (TPSA) is 66.8 Å². The van der Waals surface area contributed by atoms with E-state index in [1.807, 2.05) is 18.7 Å². The van der Waals surface area contributed by atoms with Crippen molar-refractivity contribution in [1.29, 1.82) is 0 Å². The maximum Gasteiger partial charge on any atom is 0.305 e. The first-order valence-corrected chi connectivity index (χ1v) is 6.26. The van der Waals surface area contributed by atoms with Gasteiger partial charge in [-0.2, -0.15) is 0 Å². The summed E-state index contributed by atoms with van der Waals surface area (Å²) in [5, 5.41) is 8.50. The van der Waals surface area contributed by atoms with Crippen LogP contribution in [0.25, 0.3) is 0 Å². The predicted molar refractivity (Wildman–Crippen MR) is 67.2 cm³/mol. The molecular formula is C13H21NO4. The normalized spacial score (nSPS) is 16.4. The van der Waals surface area contributed by atoms with Crippen LogP contribution in [0.4, 0.5) is 0 Å². The Morgan fingerprint density at radius 2 is 1.94 bits per heavy atom. The molecule has 0 saturated carbocycles. The monoisotopic (exact) mass is 255 g/mol. The first kappa shape index (κ1) is 14.7. The Morgan fingerprint density at radius 1 is 1.33 bits per heavy atom. The summed E-state index contributed by atoms with van der Waals surface area (Å²) in [5.74, 6) is -0.787. The minimum absolute atomic E-state index is 0.0386. The predicted octanol–water partition coefficient (Wildman–Crippen LogP) is 1.43. The summed E-state index contributed by atoms with van der Waals surface area (Å²) < 4.78 is 5.47. The SMILES string of the molecule is CC(C)=CC(=O)N1CCC(OCCC(=O)O)CC1. The van der Waals surface area contributed by atoms with Crippen molar-refractivity contribution in [1.82, 2.24) is 4.90 Å². The Balaban J connectivity index is 2.26. The number of carbonyl (C=O) groups excluding carboxylic acids is 1. The highest BCUT2D eigenvalue weighted by atomic mass is 16.5. The Hall–Kier alpha value is -1.36. The summed E-state index contributed by atoms with van der Waals surface area (Å²) in [6, 6.07) is 0. The molecule has 5 heteroatoms. The van der Waals surface area contributed by atoms with Gasteiger partial charge in [-0.1, -0.05) is 5.57 Å². The van der Waals surface area contributed by atoms with Gasteiger partial charge in [-0.3, -0.25) is 9.59 Å². The van der Waals surface area contributed by atoms with Gasteiger partial charge in [0.05, 0.1) is 19.1 Å². The number of rotatable bonds is 5. The Kier molecular flexibility index (Phi) is 5.85. The summed E-state index contributed by atoms with van der Waals surface area (Å²) in [6.45, 7) is 5.42. The molecule has 0 aromatic rings. The molecule has 1 saturated heterocycles. The summed E-state index contributed by atoms with van der Waals surface area (Å²) in [7, 11) is 0. The number of piperidine rings is 1. The Labute approximate surface area is 107 Å². The standard InChI is InChI=1S/C13H21NO4/c1-10(2)9-12(15)14-6-3-11(4-7-14)18-8-5-13(16)17/h9,11H,3-8H2,1-2H3,(H,16,17). The van der Waals surface area contributed by atoms with Crippen molar-refractivity contribution in [2.24, 2.45) is 0 Å². The number of allylic oxidation sites excluding steroid dienone is 1. The zero-order valence-electron chi connectivity index (χ0n) is 11.0. The van der Waals surface area contributed by atoms with Gasteiger partial charge < -0.3 is 14.7 Å². The molecule has 1 heterocycles. The number of aliphatic carboxylic acids is 1. The number of hydrogen-bond donors (Lipinski definition) is 1. The summed E-state index contributed by atoms with van der Waals surface area (Å²) in [4.78, 5) is 23.9. The molecule has 1 amide bonds. The number of carboxylic acids is 1. The molecule has 1 aliphatic heterocycles. The fourth-order valence-electron chi connectivity index (χ4n) is 1.89. The number of carboxylic acid groups (broad SMARTS) is 1. The number of amides is 1. The maximum atomic E-state index is 11.7. The van der Waals surface area contributed by atoms with Crippen LogP contribution in [0.5, 0.6) is 0 Å². The third-order valence-corrected chi connectivity index (χ3v) is 2.84. The van der Waals surface area contributed by atoms with E-state index in [1.165, 1.54) is 0 Å². The molecule has 1 fully saturated rings. The Morgan fingerprint density at radius 3 is 2.44 bits per heavy atom. The zero-order chi connectivity index (χ0) is 13.5. The van der Waals surface area contributed by atoms with Gasteiger partial charge in [0, 0.05) is 19.2 Å². The number of hydrogen-bond acceptors (Lipinski definition) is 3. The van der Waals surface area contributed by atoms with E-state index in [0.717, 1.165) is 18.4 Å². The second-order valence-corrected chi connectivity index (χ2v) is 4.76. The van der Waals surface area contributed by atoms with Crippen molar-refractivity contribution in [2.75, 3.05) is 19.7 Å². The molecule has 0 radical (unpaired) electrons. The number of nitrogens with zero attached hydrogens (tertiary/aromatic N) is 1. The van der Waals surface area contributed by atoms with Gasteiger partial charge in [-0.15, -0.1) is 0 Å². The molecule has 0 bridgehead atoms. The lowest BCUT2D eigenvalue weighted by Crippen LogP contribution is -2.40. The van der Waals surface area contributed by atoms with Gasteiger partial charge in [-0.25, -0.2) is 0 Å². The molecule has 0 aromatic carbocycles. The highest BCUT2D eigenvalue weighted by Gasteiger charge is 2.22. The highest BCUT2D eigenvalue weighted by molar-refractivity contribution is 5.88. The van der Waals surface area contributed by atoms with E-state index in [0.29, 0.717) is 13.1 Å². The average Bonchev–Trinajstić information content (AvgIpc) is 2.28. The molecule has 0 spiro atoms. The molecule has 0 atom stereocenters. The highest BCUT2D eigenvalue weighted by Crippen LogP contribution is 2.14. The van der Waals surface area contributed by atoms with Crippen LogP contribution >= 0.6 is 0 Å². The van der Waals surface area contributed by atoms with Gasteiger partial charge in [0.25, 0.3) is 0 Å². The lowest BCUT2D eigenvalue weighted by atomic mass is 10.1. The molecule has 5 nitrogen and oxygen atoms in total. The van der Waals surface area contributed by atoms with Crippen molar-refractivity contribution in [3.63, 3.8) is 0 Å². The molecule has 0 aliphatic carbocycles. The second kappa shape index (κ2) is 7.16. The third kappa shape index (κ3) is 5.31. The van der Waals surface area contributed by atoms with Crippen LogP contribution in [-0.4, -0.2) is 47.7 Å². The van der Waals surface area contributed by atoms with Crippen LogP contribution in [0.1, 0.15) is 33.1 Å². The molecule has 102 valence electrons. The first-order chi connectivity index (χ1) is 8.49. The van der Waals surface area contributed by atoms with Crippen molar-refractivity contribution < 1.29 is 19.4 Å². The van der Waals surface area contributed by atoms with Crippen LogP contribution < -0.4 is 0 Å². The van der Waals surface area contributed by atoms with E-state index in [-0.39, 0.29) is 25.0 Å². The Bertz CT molecular complexity index is 326. The molecule has 18 heavy (non-hydrogen) atoms. The fourth-order valence-corrected chi connectivity index (χ4v) is 1.89. The molecule has 0 aromatic heterocycles. The summed E-state index contributed by atoms with van der Waals surface area (Å²) >= 11 is 0. The van der Waals surface area contributed by atoms with Gasteiger partial charge >= 0.3 is 5.97 Å². The zero-order valence-corrected chi connectivity index (χ0v) is 11.0. The fraction of sp³-hybridized carbons (Fsp3) is 0.692. The lowest BCUT2D eigenvalue weighted by molar-refractivity contribution is -0.138. The first-order valence-electron chi connectivity index (χ1n) is 6.26. The van der Waals surface area contributed by atoms with E-state index in [9.17, 15) is 9.59 Å². The molecular weight excluding hydrogens is 234 g/mol. The van der Waals surface area contributed by atoms with Crippen LogP contribution in [0, 0.1) is 0 Å². The van der Waals surface area contributed by atoms with Gasteiger partial charge in [0.1, 0.15) is 0 Å². The minimum Gasteiger partial charge on any atom is -0.481 e. The smallest absolute Gasteiger partial charge is 0.305 e. The lowest BCUT2D eigenvalue weighted by Gasteiger charge is -2.31. The molecule has 0 unspecified atom stereocenters. The van der Waals surface area contributed by atoms with Crippen LogP contribution in [0.2, 0.25) is 0 Å². The summed E-state index contributed by atoms with van der Waals surface area (Å²) in [6.07, 6.45) is 3.33. The van der Waals surface area contributed by atoms with Crippen molar-refractivity contribution >= 4 is 11.9 Å². The van der Waals surface area contributed by atoms with E-state index < -0.39 is 5.97 Å². The molecule has 1 N–H and O–H groups in total. The number of carbonyl (C=O) groups is 2. The minimum atomic E-state index is -0.842. The van der Waals surface area contributed by atoms with E-state index in [2.05, 4.69) is 0 Å². The van der Waals surface area contributed by atoms with Crippen LogP contribution in [0.3, 0.4) is 0 Å². The van der Waals surface area contributed by atoms with Crippen molar-refractivity contribution in [3.8, 4) is 0 Å². The maximum absolute atomic E-state index is 11.7.